The number of ether oxygens (including phenoxy) is 2. The van der Waals surface area contributed by atoms with Crippen LogP contribution in [-0.4, -0.2) is 28.8 Å². The minimum Gasteiger partial charge on any atom is -0.497 e. The van der Waals surface area contributed by atoms with E-state index < -0.39 is 11.2 Å². The van der Waals surface area contributed by atoms with Crippen molar-refractivity contribution >= 4 is 43.4 Å². The number of amides is 1. The van der Waals surface area contributed by atoms with Gasteiger partial charge in [-0.1, -0.05) is 28.1 Å². The normalized spacial score (nSPS) is 10.9. The Morgan fingerprint density at radius 1 is 1.09 bits per heavy atom. The molecule has 10 heteroatoms. The molecule has 0 fully saturated rings. The fraction of sp³-hybridized carbons (Fsp3) is 0.208. The first-order valence-electron chi connectivity index (χ1n) is 10.4. The number of thiophene rings is 1. The van der Waals surface area contributed by atoms with Gasteiger partial charge in [0.25, 0.3) is 11.5 Å². The van der Waals surface area contributed by atoms with Crippen molar-refractivity contribution in [1.29, 1.82) is 0 Å². The van der Waals surface area contributed by atoms with Gasteiger partial charge in [-0.05, 0) is 48.0 Å². The Bertz CT molecular complexity index is 1460. The summed E-state index contributed by atoms with van der Waals surface area (Å²) >= 11 is 4.47. The Labute approximate surface area is 207 Å². The first kappa shape index (κ1) is 23.8. The Balaban J connectivity index is 1.52. The van der Waals surface area contributed by atoms with Crippen LogP contribution in [0.3, 0.4) is 0 Å². The fourth-order valence-corrected chi connectivity index (χ4v) is 4.72. The molecule has 2 heterocycles. The van der Waals surface area contributed by atoms with Crippen molar-refractivity contribution in [3.8, 4) is 11.5 Å². The maximum absolute atomic E-state index is 13.0. The van der Waals surface area contributed by atoms with Crippen LogP contribution in [0.25, 0.3) is 10.2 Å². The number of aromatic nitrogens is 2. The molecular formula is C24H22BrN3O5S. The van der Waals surface area contributed by atoms with Gasteiger partial charge in [0.15, 0.2) is 0 Å². The monoisotopic (exact) mass is 543 g/mol. The number of rotatable bonds is 8. The molecule has 0 atom stereocenters. The maximum atomic E-state index is 13.0. The second-order valence-electron chi connectivity index (χ2n) is 7.46. The molecule has 8 nitrogen and oxygen atoms in total. The number of hydrogen-bond acceptors (Lipinski definition) is 6. The summed E-state index contributed by atoms with van der Waals surface area (Å²) in [6.45, 7) is 0.547. The SMILES string of the molecule is COc1cccc(CNC(=O)c2cc3c(=O)n(CCOc4ccc(Br)cc4)c(=O)n(C)c3s2)c1. The van der Waals surface area contributed by atoms with Crippen molar-refractivity contribution in [3.05, 3.63) is 90.3 Å². The molecule has 0 saturated heterocycles. The number of carbonyl (C=O) groups is 1. The Kier molecular flexibility index (Phi) is 7.18. The van der Waals surface area contributed by atoms with E-state index in [1.807, 2.05) is 36.4 Å². The fourth-order valence-electron chi connectivity index (χ4n) is 3.43. The quantitative estimate of drug-likeness (QED) is 0.367. The Morgan fingerprint density at radius 3 is 2.59 bits per heavy atom. The summed E-state index contributed by atoms with van der Waals surface area (Å²) in [5.41, 5.74) is -0.0166. The largest absolute Gasteiger partial charge is 0.497 e. The molecule has 0 bridgehead atoms. The molecule has 1 N–H and O–H groups in total. The minimum atomic E-state index is -0.456. The van der Waals surface area contributed by atoms with Gasteiger partial charge in [0.2, 0.25) is 0 Å². The third-order valence-electron chi connectivity index (χ3n) is 5.22. The maximum Gasteiger partial charge on any atom is 0.331 e. The van der Waals surface area contributed by atoms with E-state index in [0.29, 0.717) is 33.1 Å². The van der Waals surface area contributed by atoms with Crippen molar-refractivity contribution < 1.29 is 14.3 Å². The molecule has 0 saturated carbocycles. The van der Waals surface area contributed by atoms with Gasteiger partial charge in [0.1, 0.15) is 22.9 Å². The van der Waals surface area contributed by atoms with E-state index in [1.165, 1.54) is 10.6 Å². The molecular weight excluding hydrogens is 522 g/mol. The van der Waals surface area contributed by atoms with Crippen molar-refractivity contribution in [2.24, 2.45) is 7.05 Å². The third kappa shape index (κ3) is 5.07. The van der Waals surface area contributed by atoms with Crippen LogP contribution in [0.2, 0.25) is 0 Å². The topological polar surface area (TPSA) is 91.6 Å². The van der Waals surface area contributed by atoms with Crippen LogP contribution >= 0.6 is 27.3 Å². The van der Waals surface area contributed by atoms with Crippen molar-refractivity contribution in [2.45, 2.75) is 13.1 Å². The van der Waals surface area contributed by atoms with Crippen LogP contribution < -0.4 is 26.0 Å². The van der Waals surface area contributed by atoms with Gasteiger partial charge < -0.3 is 14.8 Å². The Hall–Kier alpha value is -3.37. The second kappa shape index (κ2) is 10.3. The van der Waals surface area contributed by atoms with Gasteiger partial charge >= 0.3 is 5.69 Å². The van der Waals surface area contributed by atoms with Crippen molar-refractivity contribution in [3.63, 3.8) is 0 Å². The summed E-state index contributed by atoms with van der Waals surface area (Å²) in [5, 5.41) is 3.17. The van der Waals surface area contributed by atoms with E-state index >= 15 is 0 Å². The highest BCUT2D eigenvalue weighted by atomic mass is 79.9. The molecule has 0 aliphatic carbocycles. The lowest BCUT2D eigenvalue weighted by Crippen LogP contribution is -2.39. The molecule has 0 radical (unpaired) electrons. The van der Waals surface area contributed by atoms with E-state index in [1.54, 1.807) is 26.3 Å². The van der Waals surface area contributed by atoms with E-state index in [-0.39, 0.29) is 19.1 Å². The number of methoxy groups -OCH3 is 1. The van der Waals surface area contributed by atoms with E-state index in [9.17, 15) is 14.4 Å². The van der Waals surface area contributed by atoms with E-state index in [0.717, 1.165) is 25.9 Å². The van der Waals surface area contributed by atoms with Gasteiger partial charge in [-0.2, -0.15) is 0 Å². The minimum absolute atomic E-state index is 0.0880. The summed E-state index contributed by atoms with van der Waals surface area (Å²) in [4.78, 5) is 39.4. The average Bonchev–Trinajstić information content (AvgIpc) is 3.31. The van der Waals surface area contributed by atoms with Crippen LogP contribution in [0.15, 0.2) is 68.7 Å². The van der Waals surface area contributed by atoms with Gasteiger partial charge in [0, 0.05) is 18.1 Å². The molecule has 0 unspecified atom stereocenters. The molecule has 0 aliphatic heterocycles. The molecule has 2 aromatic carbocycles. The van der Waals surface area contributed by atoms with Crippen LogP contribution in [0.5, 0.6) is 11.5 Å². The van der Waals surface area contributed by atoms with Crippen LogP contribution in [0.4, 0.5) is 0 Å². The molecule has 0 spiro atoms. The van der Waals surface area contributed by atoms with Crippen molar-refractivity contribution in [1.82, 2.24) is 14.5 Å². The molecule has 2 aromatic heterocycles. The highest BCUT2D eigenvalue weighted by Gasteiger charge is 2.18. The number of carbonyl (C=O) groups excluding carboxylic acids is 1. The molecule has 176 valence electrons. The van der Waals surface area contributed by atoms with Crippen LogP contribution in [0.1, 0.15) is 15.2 Å². The highest BCUT2D eigenvalue weighted by molar-refractivity contribution is 9.10. The van der Waals surface area contributed by atoms with Gasteiger partial charge in [-0.15, -0.1) is 11.3 Å². The summed E-state index contributed by atoms with van der Waals surface area (Å²) in [5.74, 6) is 1.02. The molecule has 4 rings (SSSR count). The predicted octanol–water partition coefficient (Wildman–Crippen LogP) is 3.54. The summed E-state index contributed by atoms with van der Waals surface area (Å²) in [6.07, 6.45) is 0. The lowest BCUT2D eigenvalue weighted by molar-refractivity contribution is 0.0955. The van der Waals surface area contributed by atoms with Gasteiger partial charge in [-0.25, -0.2) is 4.79 Å². The number of benzene rings is 2. The molecule has 4 aromatic rings. The predicted molar refractivity (Wildman–Crippen MR) is 135 cm³/mol. The first-order chi connectivity index (χ1) is 16.4. The zero-order valence-corrected chi connectivity index (χ0v) is 20.9. The lowest BCUT2D eigenvalue weighted by Gasteiger charge is -2.10. The van der Waals surface area contributed by atoms with Crippen molar-refractivity contribution in [2.75, 3.05) is 13.7 Å². The second-order valence-corrected chi connectivity index (χ2v) is 9.41. The summed E-state index contributed by atoms with van der Waals surface area (Å²) in [6, 6.07) is 16.2. The first-order valence-corrected chi connectivity index (χ1v) is 12.0. The number of nitrogens with zero attached hydrogens (tertiary/aromatic N) is 2. The summed E-state index contributed by atoms with van der Waals surface area (Å²) < 4.78 is 14.3. The molecule has 0 aliphatic rings. The van der Waals surface area contributed by atoms with Crippen LogP contribution in [0, 0.1) is 0 Å². The zero-order chi connectivity index (χ0) is 24.2. The van der Waals surface area contributed by atoms with Gasteiger partial charge in [0.05, 0.1) is 23.9 Å². The van der Waals surface area contributed by atoms with Gasteiger partial charge in [-0.3, -0.25) is 18.7 Å². The van der Waals surface area contributed by atoms with E-state index in [2.05, 4.69) is 21.2 Å². The molecule has 34 heavy (non-hydrogen) atoms. The number of halogens is 1. The third-order valence-corrected chi connectivity index (χ3v) is 6.96. The lowest BCUT2D eigenvalue weighted by atomic mass is 10.2. The average molecular weight is 544 g/mol. The zero-order valence-electron chi connectivity index (χ0n) is 18.5. The molecule has 1 amide bonds. The summed E-state index contributed by atoms with van der Waals surface area (Å²) in [7, 11) is 3.17. The highest BCUT2D eigenvalue weighted by Crippen LogP contribution is 2.22. The number of fused-ring (bicyclic) bond motifs is 1. The standard InChI is InChI=1S/C24H22BrN3O5S/c1-27-23-19(13-20(34-23)21(29)26-14-15-4-3-5-18(12-15)32-2)22(30)28(24(27)31)10-11-33-17-8-6-16(25)7-9-17/h3-9,12-13H,10-11,14H2,1-2H3,(H,26,29). The Morgan fingerprint density at radius 2 is 1.85 bits per heavy atom. The van der Waals surface area contributed by atoms with E-state index in [4.69, 9.17) is 9.47 Å². The number of aryl methyl sites for hydroxylation is 1. The van der Waals surface area contributed by atoms with Crippen LogP contribution in [-0.2, 0) is 20.1 Å². The smallest absolute Gasteiger partial charge is 0.331 e. The number of hydrogen-bond donors (Lipinski definition) is 1. The number of nitrogens with one attached hydrogen (secondary N) is 1.